The van der Waals surface area contributed by atoms with Crippen molar-refractivity contribution in [1.29, 1.82) is 0 Å². The molecule has 0 spiro atoms. The molecule has 2 aromatic rings. The van der Waals surface area contributed by atoms with Gasteiger partial charge in [0.05, 0.1) is 24.6 Å². The summed E-state index contributed by atoms with van der Waals surface area (Å²) in [5.74, 6) is -0.187. The van der Waals surface area contributed by atoms with Crippen molar-refractivity contribution in [2.45, 2.75) is 6.54 Å². The van der Waals surface area contributed by atoms with E-state index in [-0.39, 0.29) is 12.5 Å². The van der Waals surface area contributed by atoms with E-state index in [1.807, 2.05) is 12.1 Å². The number of carbonyl (C=O) groups excluding carboxylic acids is 1. The van der Waals surface area contributed by atoms with Crippen LogP contribution >= 0.6 is 0 Å². The van der Waals surface area contributed by atoms with E-state index in [1.165, 1.54) is 7.11 Å². The standard InChI is InChI=1S/C11H13N5O2/c1-18-8-11(17)13-5-9-7-16(15-14-9)10-3-2-4-12-6-10/h2-4,6-7H,5,8H2,1H3,(H,13,17). The molecule has 7 nitrogen and oxygen atoms in total. The van der Waals surface area contributed by atoms with Gasteiger partial charge in [0.1, 0.15) is 12.3 Å². The number of methoxy groups -OCH3 is 1. The second-order valence-corrected chi connectivity index (χ2v) is 3.58. The van der Waals surface area contributed by atoms with E-state index in [0.717, 1.165) is 5.69 Å². The third kappa shape index (κ3) is 3.11. The summed E-state index contributed by atoms with van der Waals surface area (Å²) in [5, 5.41) is 10.6. The van der Waals surface area contributed by atoms with E-state index >= 15 is 0 Å². The molecule has 0 saturated heterocycles. The third-order valence-corrected chi connectivity index (χ3v) is 2.19. The second kappa shape index (κ2) is 5.87. The van der Waals surface area contributed by atoms with Crippen LogP contribution in [0.3, 0.4) is 0 Å². The van der Waals surface area contributed by atoms with Crippen molar-refractivity contribution in [1.82, 2.24) is 25.3 Å². The number of rotatable bonds is 5. The molecule has 18 heavy (non-hydrogen) atoms. The van der Waals surface area contributed by atoms with E-state index in [0.29, 0.717) is 12.2 Å². The van der Waals surface area contributed by atoms with Gasteiger partial charge in [0.15, 0.2) is 0 Å². The zero-order chi connectivity index (χ0) is 12.8. The number of nitrogens with zero attached hydrogens (tertiary/aromatic N) is 4. The molecule has 0 atom stereocenters. The van der Waals surface area contributed by atoms with E-state index < -0.39 is 0 Å². The van der Waals surface area contributed by atoms with E-state index in [9.17, 15) is 4.79 Å². The predicted octanol–water partition coefficient (Wildman–Crippen LogP) is -0.0751. The zero-order valence-electron chi connectivity index (χ0n) is 9.91. The maximum atomic E-state index is 11.2. The first-order valence-electron chi connectivity index (χ1n) is 5.37. The van der Waals surface area contributed by atoms with Gasteiger partial charge in [0.25, 0.3) is 0 Å². The van der Waals surface area contributed by atoms with Crippen LogP contribution in [0.25, 0.3) is 5.69 Å². The van der Waals surface area contributed by atoms with Crippen molar-refractivity contribution in [3.63, 3.8) is 0 Å². The van der Waals surface area contributed by atoms with Gasteiger partial charge in [0, 0.05) is 13.3 Å². The molecule has 2 heterocycles. The fraction of sp³-hybridized carbons (Fsp3) is 0.273. The highest BCUT2D eigenvalue weighted by molar-refractivity contribution is 5.77. The van der Waals surface area contributed by atoms with Gasteiger partial charge in [-0.2, -0.15) is 0 Å². The van der Waals surface area contributed by atoms with Gasteiger partial charge in [-0.3, -0.25) is 9.78 Å². The molecule has 0 radical (unpaired) electrons. The van der Waals surface area contributed by atoms with Gasteiger partial charge in [-0.15, -0.1) is 5.10 Å². The Morgan fingerprint density at radius 2 is 2.44 bits per heavy atom. The van der Waals surface area contributed by atoms with Crippen molar-refractivity contribution in [2.24, 2.45) is 0 Å². The van der Waals surface area contributed by atoms with Crippen molar-refractivity contribution >= 4 is 5.91 Å². The minimum atomic E-state index is -0.187. The molecule has 94 valence electrons. The molecule has 2 aromatic heterocycles. The summed E-state index contributed by atoms with van der Waals surface area (Å²) < 4.78 is 6.31. The molecule has 0 fully saturated rings. The SMILES string of the molecule is COCC(=O)NCc1cn(-c2cccnc2)nn1. The van der Waals surface area contributed by atoms with Crippen LogP contribution in [0.4, 0.5) is 0 Å². The number of ether oxygens (including phenoxy) is 1. The highest BCUT2D eigenvalue weighted by atomic mass is 16.5. The monoisotopic (exact) mass is 247 g/mol. The maximum Gasteiger partial charge on any atom is 0.246 e. The number of hydrogen-bond donors (Lipinski definition) is 1. The summed E-state index contributed by atoms with van der Waals surface area (Å²) in [6.45, 7) is 0.360. The molecule has 0 aromatic carbocycles. The van der Waals surface area contributed by atoms with Crippen molar-refractivity contribution in [3.05, 3.63) is 36.4 Å². The third-order valence-electron chi connectivity index (χ3n) is 2.19. The molecule has 2 rings (SSSR count). The summed E-state index contributed by atoms with van der Waals surface area (Å²) in [4.78, 5) is 15.2. The van der Waals surface area contributed by atoms with Crippen LogP contribution in [0.1, 0.15) is 5.69 Å². The van der Waals surface area contributed by atoms with Gasteiger partial charge in [0.2, 0.25) is 5.91 Å². The molecule has 0 saturated carbocycles. The molecule has 7 heteroatoms. The number of nitrogens with one attached hydrogen (secondary N) is 1. The number of hydrogen-bond acceptors (Lipinski definition) is 5. The average molecular weight is 247 g/mol. The molecule has 1 N–H and O–H groups in total. The van der Waals surface area contributed by atoms with E-state index in [1.54, 1.807) is 23.3 Å². The first-order chi connectivity index (χ1) is 8.79. The zero-order valence-corrected chi connectivity index (χ0v) is 9.91. The number of aromatic nitrogens is 4. The Morgan fingerprint density at radius 3 is 3.17 bits per heavy atom. The minimum Gasteiger partial charge on any atom is -0.375 e. The summed E-state index contributed by atoms with van der Waals surface area (Å²) in [6, 6.07) is 3.69. The lowest BCUT2D eigenvalue weighted by molar-refractivity contribution is -0.124. The van der Waals surface area contributed by atoms with Crippen molar-refractivity contribution in [2.75, 3.05) is 13.7 Å². The fourth-order valence-corrected chi connectivity index (χ4v) is 1.37. The number of amides is 1. The summed E-state index contributed by atoms with van der Waals surface area (Å²) in [6.07, 6.45) is 5.11. The maximum absolute atomic E-state index is 11.2. The van der Waals surface area contributed by atoms with Gasteiger partial charge >= 0.3 is 0 Å². The Balaban J connectivity index is 1.97. The molecule has 0 bridgehead atoms. The van der Waals surface area contributed by atoms with E-state index in [2.05, 4.69) is 20.6 Å². The average Bonchev–Trinajstić information content (AvgIpc) is 2.87. The second-order valence-electron chi connectivity index (χ2n) is 3.58. The van der Waals surface area contributed by atoms with Gasteiger partial charge in [-0.05, 0) is 12.1 Å². The molecular formula is C11H13N5O2. The lowest BCUT2D eigenvalue weighted by Gasteiger charge is -2.00. The molecule has 0 aliphatic heterocycles. The molecule has 0 aliphatic carbocycles. The number of pyridine rings is 1. The smallest absolute Gasteiger partial charge is 0.246 e. The van der Waals surface area contributed by atoms with Crippen molar-refractivity contribution < 1.29 is 9.53 Å². The van der Waals surface area contributed by atoms with Crippen LogP contribution in [-0.4, -0.2) is 39.6 Å². The summed E-state index contributed by atoms with van der Waals surface area (Å²) >= 11 is 0. The normalized spacial score (nSPS) is 10.3. The van der Waals surface area contributed by atoms with Crippen LogP contribution in [-0.2, 0) is 16.1 Å². The van der Waals surface area contributed by atoms with Crippen LogP contribution in [0.2, 0.25) is 0 Å². The van der Waals surface area contributed by atoms with Crippen molar-refractivity contribution in [3.8, 4) is 5.69 Å². The summed E-state index contributed by atoms with van der Waals surface area (Å²) in [5.41, 5.74) is 1.49. The van der Waals surface area contributed by atoms with Crippen LogP contribution in [0.5, 0.6) is 0 Å². The van der Waals surface area contributed by atoms with E-state index in [4.69, 9.17) is 4.74 Å². The topological polar surface area (TPSA) is 81.9 Å². The highest BCUT2D eigenvalue weighted by Crippen LogP contribution is 2.03. The van der Waals surface area contributed by atoms with Gasteiger partial charge in [-0.1, -0.05) is 5.21 Å². The van der Waals surface area contributed by atoms with Crippen LogP contribution < -0.4 is 5.32 Å². The predicted molar refractivity (Wildman–Crippen MR) is 62.9 cm³/mol. The number of carbonyl (C=O) groups is 1. The lowest BCUT2D eigenvalue weighted by Crippen LogP contribution is -2.26. The van der Waals surface area contributed by atoms with Crippen LogP contribution in [0, 0.1) is 0 Å². The van der Waals surface area contributed by atoms with Gasteiger partial charge in [-0.25, -0.2) is 4.68 Å². The lowest BCUT2D eigenvalue weighted by atomic mass is 10.4. The van der Waals surface area contributed by atoms with Gasteiger partial charge < -0.3 is 10.1 Å². The Labute approximate surface area is 104 Å². The molecule has 1 amide bonds. The Hall–Kier alpha value is -2.28. The quantitative estimate of drug-likeness (QED) is 0.799. The van der Waals surface area contributed by atoms with Crippen LogP contribution in [0.15, 0.2) is 30.7 Å². The first-order valence-corrected chi connectivity index (χ1v) is 5.37. The summed E-state index contributed by atoms with van der Waals surface area (Å²) in [7, 11) is 1.47. The molecular weight excluding hydrogens is 234 g/mol. The Kier molecular flexibility index (Phi) is 3.98. The first kappa shape index (κ1) is 12.2. The highest BCUT2D eigenvalue weighted by Gasteiger charge is 2.04. The molecule has 0 aliphatic rings. The Morgan fingerprint density at radius 1 is 1.56 bits per heavy atom. The fourth-order valence-electron chi connectivity index (χ4n) is 1.37. The minimum absolute atomic E-state index is 0.0384. The molecule has 0 unspecified atom stereocenters. The largest absolute Gasteiger partial charge is 0.375 e. The Bertz CT molecular complexity index is 511.